The summed E-state index contributed by atoms with van der Waals surface area (Å²) < 4.78 is 1.60. The van der Waals surface area contributed by atoms with E-state index in [1.165, 1.54) is 0 Å². The van der Waals surface area contributed by atoms with Gasteiger partial charge in [-0.15, -0.1) is 5.10 Å². The topological polar surface area (TPSA) is 43.1 Å². The Morgan fingerprint density at radius 3 is 2.71 bits per heavy atom. The molecule has 5 heteroatoms. The minimum atomic E-state index is 0.268. The van der Waals surface area contributed by atoms with E-state index < -0.39 is 0 Å². The van der Waals surface area contributed by atoms with E-state index in [1.54, 1.807) is 4.52 Å². The standard InChI is InChI=1S/C12H11ClN4/c1-7(2)10-15-11-8-5-3-4-6-9(8)14-12(13)17(11)16-10/h3-7H,1-2H3. The van der Waals surface area contributed by atoms with Crippen LogP contribution >= 0.6 is 11.6 Å². The number of halogens is 1. The van der Waals surface area contributed by atoms with Crippen LogP contribution in [-0.2, 0) is 0 Å². The number of fused-ring (bicyclic) bond motifs is 3. The van der Waals surface area contributed by atoms with Crippen molar-refractivity contribution in [2.75, 3.05) is 0 Å². The van der Waals surface area contributed by atoms with Gasteiger partial charge in [-0.1, -0.05) is 26.0 Å². The number of benzene rings is 1. The van der Waals surface area contributed by atoms with Gasteiger partial charge in [0.2, 0.25) is 5.28 Å². The third-order valence-electron chi connectivity index (χ3n) is 2.67. The summed E-state index contributed by atoms with van der Waals surface area (Å²) in [4.78, 5) is 8.83. The van der Waals surface area contributed by atoms with Gasteiger partial charge in [0, 0.05) is 11.3 Å². The predicted molar refractivity (Wildman–Crippen MR) is 67.4 cm³/mol. The molecule has 0 amide bonds. The molecule has 86 valence electrons. The third kappa shape index (κ3) is 1.56. The molecular formula is C12H11ClN4. The fourth-order valence-corrected chi connectivity index (χ4v) is 1.99. The van der Waals surface area contributed by atoms with Crippen LogP contribution in [-0.4, -0.2) is 19.6 Å². The molecule has 0 saturated heterocycles. The van der Waals surface area contributed by atoms with Crippen LogP contribution < -0.4 is 0 Å². The number of aromatic nitrogens is 4. The van der Waals surface area contributed by atoms with E-state index in [-0.39, 0.29) is 5.92 Å². The molecule has 0 saturated carbocycles. The first-order valence-corrected chi connectivity index (χ1v) is 5.85. The molecule has 0 aliphatic heterocycles. The molecule has 4 nitrogen and oxygen atoms in total. The Labute approximate surface area is 103 Å². The summed E-state index contributed by atoms with van der Waals surface area (Å²) in [6, 6.07) is 7.79. The molecule has 0 atom stereocenters. The number of hydrogen-bond acceptors (Lipinski definition) is 3. The van der Waals surface area contributed by atoms with E-state index in [0.717, 1.165) is 22.4 Å². The maximum absolute atomic E-state index is 6.10. The molecule has 3 aromatic rings. The highest BCUT2D eigenvalue weighted by molar-refractivity contribution is 6.29. The lowest BCUT2D eigenvalue weighted by Crippen LogP contribution is -1.95. The van der Waals surface area contributed by atoms with Gasteiger partial charge in [-0.25, -0.2) is 9.97 Å². The molecule has 0 radical (unpaired) electrons. The van der Waals surface area contributed by atoms with E-state index in [0.29, 0.717) is 5.28 Å². The maximum Gasteiger partial charge on any atom is 0.226 e. The van der Waals surface area contributed by atoms with Crippen LogP contribution in [0.3, 0.4) is 0 Å². The summed E-state index contributed by atoms with van der Waals surface area (Å²) in [5, 5.41) is 5.69. The maximum atomic E-state index is 6.10. The van der Waals surface area contributed by atoms with Crippen molar-refractivity contribution in [1.82, 2.24) is 19.6 Å². The predicted octanol–water partition coefficient (Wildman–Crippen LogP) is 3.05. The molecule has 0 bridgehead atoms. The van der Waals surface area contributed by atoms with Crippen LogP contribution in [0.1, 0.15) is 25.6 Å². The van der Waals surface area contributed by atoms with Crippen LogP contribution in [0.25, 0.3) is 16.6 Å². The molecule has 0 aliphatic carbocycles. The van der Waals surface area contributed by atoms with Crippen LogP contribution in [0.15, 0.2) is 24.3 Å². The normalized spacial score (nSPS) is 11.8. The van der Waals surface area contributed by atoms with Gasteiger partial charge in [-0.2, -0.15) is 4.52 Å². The van der Waals surface area contributed by atoms with Crippen LogP contribution in [0.2, 0.25) is 5.28 Å². The summed E-state index contributed by atoms with van der Waals surface area (Å²) in [5.74, 6) is 1.05. The second-order valence-corrected chi connectivity index (χ2v) is 4.60. The van der Waals surface area contributed by atoms with Gasteiger partial charge in [0.05, 0.1) is 5.52 Å². The SMILES string of the molecule is CC(C)c1nc2c3ccccc3nc(Cl)n2n1. The average molecular weight is 247 g/mol. The van der Waals surface area contributed by atoms with Crippen LogP contribution in [0, 0.1) is 0 Å². The molecule has 1 aromatic carbocycles. The summed E-state index contributed by atoms with van der Waals surface area (Å²) in [5.41, 5.74) is 1.61. The molecule has 2 heterocycles. The second kappa shape index (κ2) is 3.67. The quantitative estimate of drug-likeness (QED) is 0.620. The lowest BCUT2D eigenvalue weighted by Gasteiger charge is -1.99. The molecular weight excluding hydrogens is 236 g/mol. The van der Waals surface area contributed by atoms with Gasteiger partial charge in [0.1, 0.15) is 0 Å². The van der Waals surface area contributed by atoms with Gasteiger partial charge < -0.3 is 0 Å². The third-order valence-corrected chi connectivity index (χ3v) is 2.92. The smallest absolute Gasteiger partial charge is 0.218 e. The lowest BCUT2D eigenvalue weighted by atomic mass is 10.2. The average Bonchev–Trinajstić information content (AvgIpc) is 2.75. The van der Waals surface area contributed by atoms with Gasteiger partial charge in [-0.3, -0.25) is 0 Å². The second-order valence-electron chi connectivity index (χ2n) is 4.26. The fraction of sp³-hybridized carbons (Fsp3) is 0.250. The van der Waals surface area contributed by atoms with E-state index >= 15 is 0 Å². The monoisotopic (exact) mass is 246 g/mol. The zero-order valence-corrected chi connectivity index (χ0v) is 10.3. The Hall–Kier alpha value is -1.68. The summed E-state index contributed by atoms with van der Waals surface area (Å²) in [6.07, 6.45) is 0. The highest BCUT2D eigenvalue weighted by Crippen LogP contribution is 2.22. The van der Waals surface area contributed by atoms with Crippen molar-refractivity contribution in [3.05, 3.63) is 35.4 Å². The largest absolute Gasteiger partial charge is 0.226 e. The van der Waals surface area contributed by atoms with E-state index in [1.807, 2.05) is 24.3 Å². The minimum Gasteiger partial charge on any atom is -0.218 e. The molecule has 0 aliphatic rings. The highest BCUT2D eigenvalue weighted by atomic mass is 35.5. The molecule has 0 fully saturated rings. The van der Waals surface area contributed by atoms with Crippen molar-refractivity contribution in [2.45, 2.75) is 19.8 Å². The Bertz CT molecular complexity index is 702. The first-order chi connectivity index (χ1) is 8.16. The Morgan fingerprint density at radius 1 is 1.18 bits per heavy atom. The van der Waals surface area contributed by atoms with E-state index in [9.17, 15) is 0 Å². The highest BCUT2D eigenvalue weighted by Gasteiger charge is 2.13. The number of nitrogens with zero attached hydrogens (tertiary/aromatic N) is 4. The van der Waals surface area contributed by atoms with Crippen molar-refractivity contribution < 1.29 is 0 Å². The molecule has 0 spiro atoms. The van der Waals surface area contributed by atoms with Crippen LogP contribution in [0.4, 0.5) is 0 Å². The first kappa shape index (κ1) is 10.5. The Morgan fingerprint density at radius 2 is 1.94 bits per heavy atom. The molecule has 3 rings (SSSR count). The van der Waals surface area contributed by atoms with Crippen molar-refractivity contribution >= 4 is 28.2 Å². The van der Waals surface area contributed by atoms with Gasteiger partial charge in [-0.05, 0) is 23.7 Å². The van der Waals surface area contributed by atoms with E-state index in [2.05, 4.69) is 28.9 Å². The molecule has 2 aromatic heterocycles. The Balaban J connectivity index is 2.47. The number of rotatable bonds is 1. The van der Waals surface area contributed by atoms with Crippen molar-refractivity contribution in [1.29, 1.82) is 0 Å². The zero-order valence-electron chi connectivity index (χ0n) is 9.55. The van der Waals surface area contributed by atoms with Gasteiger partial charge in [0.25, 0.3) is 0 Å². The van der Waals surface area contributed by atoms with E-state index in [4.69, 9.17) is 11.6 Å². The first-order valence-electron chi connectivity index (χ1n) is 5.47. The van der Waals surface area contributed by atoms with Crippen molar-refractivity contribution in [3.63, 3.8) is 0 Å². The number of hydrogen-bond donors (Lipinski definition) is 0. The van der Waals surface area contributed by atoms with Gasteiger partial charge >= 0.3 is 0 Å². The Kier molecular flexibility index (Phi) is 2.26. The van der Waals surface area contributed by atoms with Crippen molar-refractivity contribution in [3.8, 4) is 0 Å². The lowest BCUT2D eigenvalue weighted by molar-refractivity contribution is 0.762. The zero-order chi connectivity index (χ0) is 12.0. The van der Waals surface area contributed by atoms with Gasteiger partial charge in [0.15, 0.2) is 11.5 Å². The summed E-state index contributed by atoms with van der Waals surface area (Å²) >= 11 is 6.10. The minimum absolute atomic E-state index is 0.268. The van der Waals surface area contributed by atoms with Crippen molar-refractivity contribution in [2.24, 2.45) is 0 Å². The summed E-state index contributed by atoms with van der Waals surface area (Å²) in [7, 11) is 0. The molecule has 17 heavy (non-hydrogen) atoms. The molecule has 0 unspecified atom stereocenters. The number of para-hydroxylation sites is 1. The van der Waals surface area contributed by atoms with Crippen LogP contribution in [0.5, 0.6) is 0 Å². The fourth-order valence-electron chi connectivity index (χ4n) is 1.78. The molecule has 0 N–H and O–H groups in total. The summed E-state index contributed by atoms with van der Waals surface area (Å²) in [6.45, 7) is 4.11.